The maximum absolute atomic E-state index is 13.7. The lowest BCUT2D eigenvalue weighted by Crippen LogP contribution is -2.20. The lowest BCUT2D eigenvalue weighted by atomic mass is 10.1. The number of nitrogens with one attached hydrogen (secondary N) is 3. The molecular weight excluding hydrogens is 538 g/mol. The number of nitrogens with zero attached hydrogens (tertiary/aromatic N) is 2. The molecule has 39 heavy (non-hydrogen) atoms. The van der Waals surface area contributed by atoms with E-state index >= 15 is 0 Å². The fourth-order valence-corrected chi connectivity index (χ4v) is 4.86. The second kappa shape index (κ2) is 12.9. The predicted octanol–water partition coefficient (Wildman–Crippen LogP) is 4.81. The zero-order valence-electron chi connectivity index (χ0n) is 21.5. The van der Waals surface area contributed by atoms with Gasteiger partial charge in [-0.25, -0.2) is 4.98 Å². The smallest absolute Gasteiger partial charge is 0.421 e. The zero-order chi connectivity index (χ0) is 28.6. The van der Waals surface area contributed by atoms with Crippen molar-refractivity contribution in [3.8, 4) is 5.75 Å². The number of para-hydroxylation sites is 1. The van der Waals surface area contributed by atoms with Gasteiger partial charge in [0.25, 0.3) is 5.91 Å². The molecule has 0 fully saturated rings. The predicted molar refractivity (Wildman–Crippen MR) is 142 cm³/mol. The van der Waals surface area contributed by atoms with Crippen LogP contribution in [0.25, 0.3) is 0 Å². The van der Waals surface area contributed by atoms with Gasteiger partial charge in [-0.1, -0.05) is 18.2 Å². The second-order valence-corrected chi connectivity index (χ2v) is 11.0. The van der Waals surface area contributed by atoms with Gasteiger partial charge in [0.2, 0.25) is 13.3 Å². The van der Waals surface area contributed by atoms with E-state index in [9.17, 15) is 27.4 Å². The third-order valence-corrected chi connectivity index (χ3v) is 7.46. The molecule has 0 radical (unpaired) electrons. The van der Waals surface area contributed by atoms with Gasteiger partial charge in [0.05, 0.1) is 30.7 Å². The van der Waals surface area contributed by atoms with Crippen LogP contribution in [0.1, 0.15) is 21.5 Å². The minimum absolute atomic E-state index is 0.0511. The van der Waals surface area contributed by atoms with Crippen LogP contribution in [0, 0.1) is 0 Å². The first-order valence-electron chi connectivity index (χ1n) is 11.7. The molecule has 0 saturated carbocycles. The molecule has 0 aliphatic heterocycles. The summed E-state index contributed by atoms with van der Waals surface area (Å²) in [5.41, 5.74) is 0.229. The molecule has 1 amide bonds. The molecule has 1 heterocycles. The molecule has 3 aromatic rings. The first-order chi connectivity index (χ1) is 18.5. The quantitative estimate of drug-likeness (QED) is 0.228. The number of aryl methyl sites for hydroxylation is 1. The number of carbonyl (C=O) groups is 1. The zero-order valence-corrected chi connectivity index (χ0v) is 22.4. The molecule has 4 N–H and O–H groups in total. The van der Waals surface area contributed by atoms with Crippen LogP contribution in [0.2, 0.25) is 0 Å². The van der Waals surface area contributed by atoms with E-state index in [0.717, 1.165) is 5.56 Å². The number of hydrogen-bond acceptors (Lipinski definition) is 8. The fourth-order valence-electron chi connectivity index (χ4n) is 3.56. The van der Waals surface area contributed by atoms with E-state index in [4.69, 9.17) is 9.47 Å². The van der Waals surface area contributed by atoms with Crippen molar-refractivity contribution in [2.45, 2.75) is 12.6 Å². The monoisotopic (exact) mass is 567 g/mol. The van der Waals surface area contributed by atoms with E-state index in [2.05, 4.69) is 25.9 Å². The van der Waals surface area contributed by atoms with E-state index in [0.29, 0.717) is 24.1 Å². The van der Waals surface area contributed by atoms with Gasteiger partial charge in [-0.3, -0.25) is 9.36 Å². The SMILES string of the molecule is CNC(=O)c1ccccc1Nc1nc(Nc2ccc(CCP(=O)(O)CCOC)cc2OC)ncc1C(F)(F)F. The highest BCUT2D eigenvalue weighted by Gasteiger charge is 2.35. The Bertz CT molecular complexity index is 1360. The van der Waals surface area contributed by atoms with Gasteiger partial charge in [-0.2, -0.15) is 18.2 Å². The molecule has 0 saturated heterocycles. The lowest BCUT2D eigenvalue weighted by molar-refractivity contribution is -0.137. The van der Waals surface area contributed by atoms with E-state index < -0.39 is 30.8 Å². The van der Waals surface area contributed by atoms with Crippen molar-refractivity contribution in [3.05, 3.63) is 65.4 Å². The Hall–Kier alpha value is -3.67. The summed E-state index contributed by atoms with van der Waals surface area (Å²) in [7, 11) is 0.928. The van der Waals surface area contributed by atoms with Crippen molar-refractivity contribution in [2.24, 2.45) is 0 Å². The minimum Gasteiger partial charge on any atom is -0.495 e. The van der Waals surface area contributed by atoms with Gasteiger partial charge >= 0.3 is 6.18 Å². The summed E-state index contributed by atoms with van der Waals surface area (Å²) in [6, 6.07) is 11.0. The van der Waals surface area contributed by atoms with Gasteiger partial charge in [0, 0.05) is 32.7 Å². The fraction of sp³-hybridized carbons (Fsp3) is 0.320. The Balaban J connectivity index is 1.88. The van der Waals surface area contributed by atoms with E-state index in [1.165, 1.54) is 33.4 Å². The van der Waals surface area contributed by atoms with Crippen LogP contribution in [0.15, 0.2) is 48.7 Å². The maximum Gasteiger partial charge on any atom is 0.421 e. The topological polar surface area (TPSA) is 135 Å². The summed E-state index contributed by atoms with van der Waals surface area (Å²) in [5, 5.41) is 7.90. The number of halogens is 3. The molecule has 210 valence electrons. The molecule has 0 aliphatic rings. The lowest BCUT2D eigenvalue weighted by Gasteiger charge is -2.17. The highest BCUT2D eigenvalue weighted by molar-refractivity contribution is 7.58. The number of hydrogen-bond donors (Lipinski definition) is 4. The van der Waals surface area contributed by atoms with Crippen molar-refractivity contribution >= 4 is 36.4 Å². The number of aromatic nitrogens is 2. The highest BCUT2D eigenvalue weighted by atomic mass is 31.2. The average molecular weight is 568 g/mol. The summed E-state index contributed by atoms with van der Waals surface area (Å²) in [6.07, 6.45) is -3.71. The molecule has 1 aromatic heterocycles. The third kappa shape index (κ3) is 8.16. The highest BCUT2D eigenvalue weighted by Crippen LogP contribution is 2.41. The molecular formula is C25H29F3N5O5P. The molecule has 0 bridgehead atoms. The van der Waals surface area contributed by atoms with Crippen molar-refractivity contribution in [2.75, 3.05) is 50.8 Å². The largest absolute Gasteiger partial charge is 0.495 e. The first kappa shape index (κ1) is 29.9. The Morgan fingerprint density at radius 2 is 1.82 bits per heavy atom. The molecule has 10 nitrogen and oxygen atoms in total. The standard InChI is InChI=1S/C25H29F3N5O5P/c1-29-23(34)17-6-4-5-7-19(17)31-22-18(25(26,27)28)15-30-24(33-22)32-20-9-8-16(14-21(20)38-3)10-12-39(35,36)13-11-37-2/h4-9,14-15H,10-13H2,1-3H3,(H,29,34)(H,35,36)(H2,30,31,32,33). The normalized spacial score (nSPS) is 12.9. The number of ether oxygens (including phenoxy) is 2. The van der Waals surface area contributed by atoms with Gasteiger partial charge in [-0.15, -0.1) is 0 Å². The summed E-state index contributed by atoms with van der Waals surface area (Å²) in [4.78, 5) is 30.1. The second-order valence-electron chi connectivity index (χ2n) is 8.40. The van der Waals surface area contributed by atoms with E-state index in [-0.39, 0.29) is 36.1 Å². The average Bonchev–Trinajstić information content (AvgIpc) is 2.90. The molecule has 0 aliphatic carbocycles. The van der Waals surface area contributed by atoms with Crippen LogP contribution in [-0.4, -0.2) is 61.0 Å². The number of alkyl halides is 3. The van der Waals surface area contributed by atoms with Crippen LogP contribution in [-0.2, 0) is 21.9 Å². The Morgan fingerprint density at radius 3 is 2.49 bits per heavy atom. The number of methoxy groups -OCH3 is 2. The summed E-state index contributed by atoms with van der Waals surface area (Å²) in [6.45, 7) is 0.182. The Morgan fingerprint density at radius 1 is 1.08 bits per heavy atom. The molecule has 2 aromatic carbocycles. The Labute approximate surface area is 223 Å². The number of benzene rings is 2. The van der Waals surface area contributed by atoms with Crippen molar-refractivity contribution in [1.29, 1.82) is 0 Å². The summed E-state index contributed by atoms with van der Waals surface area (Å²) >= 11 is 0. The number of carbonyl (C=O) groups excluding carboxylic acids is 1. The van der Waals surface area contributed by atoms with Crippen LogP contribution >= 0.6 is 7.37 Å². The van der Waals surface area contributed by atoms with Crippen LogP contribution in [0.3, 0.4) is 0 Å². The Kier molecular flexibility index (Phi) is 9.90. The minimum atomic E-state index is -4.77. The third-order valence-electron chi connectivity index (χ3n) is 5.65. The first-order valence-corrected chi connectivity index (χ1v) is 13.8. The number of anilines is 4. The summed E-state index contributed by atoms with van der Waals surface area (Å²) in [5.74, 6) is -0.865. The van der Waals surface area contributed by atoms with Crippen molar-refractivity contribution in [3.63, 3.8) is 0 Å². The molecule has 14 heteroatoms. The van der Waals surface area contributed by atoms with Crippen LogP contribution in [0.5, 0.6) is 5.75 Å². The molecule has 0 spiro atoms. The van der Waals surface area contributed by atoms with E-state index in [1.54, 1.807) is 30.3 Å². The van der Waals surface area contributed by atoms with Gasteiger partial charge in [-0.05, 0) is 36.2 Å². The molecule has 3 rings (SSSR count). The van der Waals surface area contributed by atoms with Gasteiger partial charge < -0.3 is 30.3 Å². The van der Waals surface area contributed by atoms with Crippen molar-refractivity contribution < 1.29 is 36.9 Å². The molecule has 1 atom stereocenters. The van der Waals surface area contributed by atoms with Gasteiger partial charge in [0.1, 0.15) is 17.1 Å². The summed E-state index contributed by atoms with van der Waals surface area (Å²) < 4.78 is 63.7. The number of amides is 1. The maximum atomic E-state index is 13.7. The number of rotatable bonds is 12. The van der Waals surface area contributed by atoms with Crippen LogP contribution < -0.4 is 20.7 Å². The van der Waals surface area contributed by atoms with E-state index in [1.807, 2.05) is 0 Å². The van der Waals surface area contributed by atoms with Crippen molar-refractivity contribution in [1.82, 2.24) is 15.3 Å². The van der Waals surface area contributed by atoms with Crippen LogP contribution in [0.4, 0.5) is 36.3 Å². The van der Waals surface area contributed by atoms with Gasteiger partial charge in [0.15, 0.2) is 0 Å². The molecule has 1 unspecified atom stereocenters.